The van der Waals surface area contributed by atoms with Crippen molar-refractivity contribution in [2.45, 2.75) is 19.8 Å². The molecule has 0 aromatic carbocycles. The van der Waals surface area contributed by atoms with E-state index in [2.05, 4.69) is 9.97 Å². The Hall–Kier alpha value is -1.90. The maximum atomic E-state index is 5.56. The fourth-order valence-corrected chi connectivity index (χ4v) is 1.54. The van der Waals surface area contributed by atoms with Crippen LogP contribution in [-0.2, 0) is 6.42 Å². The quantitative estimate of drug-likeness (QED) is 0.738. The summed E-state index contributed by atoms with van der Waals surface area (Å²) in [6, 6.07) is 7.97. The van der Waals surface area contributed by atoms with Gasteiger partial charge >= 0.3 is 0 Å². The van der Waals surface area contributed by atoms with Gasteiger partial charge in [0.1, 0.15) is 0 Å². The molecular formula is C14H16N2O. The molecule has 0 aliphatic rings. The Morgan fingerprint density at radius 3 is 2.65 bits per heavy atom. The average molecular weight is 228 g/mol. The van der Waals surface area contributed by atoms with E-state index in [1.165, 1.54) is 5.56 Å². The van der Waals surface area contributed by atoms with Crippen molar-refractivity contribution in [3.05, 3.63) is 54.0 Å². The molecule has 0 saturated carbocycles. The SMILES string of the molecule is Cc1ccc(OCCCc2ccncc2)nc1. The lowest BCUT2D eigenvalue weighted by Gasteiger charge is -2.05. The lowest BCUT2D eigenvalue weighted by molar-refractivity contribution is 0.299. The van der Waals surface area contributed by atoms with E-state index in [0.29, 0.717) is 12.5 Å². The zero-order valence-electron chi connectivity index (χ0n) is 9.97. The molecule has 0 aliphatic heterocycles. The van der Waals surface area contributed by atoms with E-state index < -0.39 is 0 Å². The number of pyridine rings is 2. The molecular weight excluding hydrogens is 212 g/mol. The highest BCUT2D eigenvalue weighted by molar-refractivity contribution is 5.16. The summed E-state index contributed by atoms with van der Waals surface area (Å²) >= 11 is 0. The lowest BCUT2D eigenvalue weighted by atomic mass is 10.1. The molecule has 0 N–H and O–H groups in total. The van der Waals surface area contributed by atoms with E-state index in [1.54, 1.807) is 0 Å². The summed E-state index contributed by atoms with van der Waals surface area (Å²) in [5.41, 5.74) is 2.44. The molecule has 17 heavy (non-hydrogen) atoms. The third kappa shape index (κ3) is 3.87. The number of nitrogens with zero attached hydrogens (tertiary/aromatic N) is 2. The minimum absolute atomic E-state index is 0.693. The van der Waals surface area contributed by atoms with E-state index in [0.717, 1.165) is 18.4 Å². The van der Waals surface area contributed by atoms with Crippen LogP contribution < -0.4 is 4.74 Å². The fourth-order valence-electron chi connectivity index (χ4n) is 1.54. The van der Waals surface area contributed by atoms with Crippen LogP contribution in [0.4, 0.5) is 0 Å². The van der Waals surface area contributed by atoms with Crippen LogP contribution in [0.2, 0.25) is 0 Å². The number of aromatic nitrogens is 2. The number of hydrogen-bond donors (Lipinski definition) is 0. The van der Waals surface area contributed by atoms with E-state index in [9.17, 15) is 0 Å². The largest absolute Gasteiger partial charge is 0.478 e. The normalized spacial score (nSPS) is 10.2. The van der Waals surface area contributed by atoms with Crippen LogP contribution in [0.15, 0.2) is 42.9 Å². The van der Waals surface area contributed by atoms with Gasteiger partial charge in [0.25, 0.3) is 0 Å². The first-order valence-corrected chi connectivity index (χ1v) is 5.79. The van der Waals surface area contributed by atoms with Crippen LogP contribution in [0.3, 0.4) is 0 Å². The van der Waals surface area contributed by atoms with E-state index >= 15 is 0 Å². The van der Waals surface area contributed by atoms with E-state index in [-0.39, 0.29) is 0 Å². The lowest BCUT2D eigenvalue weighted by Crippen LogP contribution is -2.00. The molecule has 2 aromatic heterocycles. The van der Waals surface area contributed by atoms with Crippen molar-refractivity contribution < 1.29 is 4.74 Å². The molecule has 0 saturated heterocycles. The van der Waals surface area contributed by atoms with Gasteiger partial charge in [0.05, 0.1) is 6.61 Å². The standard InChI is InChI=1S/C14H16N2O/c1-12-4-5-14(16-11-12)17-10-2-3-13-6-8-15-9-7-13/h4-9,11H,2-3,10H2,1H3. The predicted octanol–water partition coefficient (Wildman–Crippen LogP) is 2.80. The predicted molar refractivity (Wildman–Crippen MR) is 67.0 cm³/mol. The van der Waals surface area contributed by atoms with Crippen molar-refractivity contribution in [2.75, 3.05) is 6.61 Å². The second kappa shape index (κ2) is 5.99. The molecule has 0 unspecified atom stereocenters. The first kappa shape index (κ1) is 11.6. The summed E-state index contributed by atoms with van der Waals surface area (Å²) in [5, 5.41) is 0. The maximum absolute atomic E-state index is 5.56. The van der Waals surface area contributed by atoms with Crippen LogP contribution in [-0.4, -0.2) is 16.6 Å². The highest BCUT2D eigenvalue weighted by Gasteiger charge is 1.96. The molecule has 0 bridgehead atoms. The Morgan fingerprint density at radius 1 is 1.12 bits per heavy atom. The van der Waals surface area contributed by atoms with Gasteiger partial charge in [-0.2, -0.15) is 0 Å². The molecule has 0 fully saturated rings. The van der Waals surface area contributed by atoms with Gasteiger partial charge in [0, 0.05) is 24.7 Å². The number of hydrogen-bond acceptors (Lipinski definition) is 3. The maximum Gasteiger partial charge on any atom is 0.213 e. The van der Waals surface area contributed by atoms with E-state index in [4.69, 9.17) is 4.74 Å². The summed E-state index contributed by atoms with van der Waals surface area (Å²) in [6.45, 7) is 2.71. The second-order valence-electron chi connectivity index (χ2n) is 3.98. The van der Waals surface area contributed by atoms with Crippen molar-refractivity contribution in [1.82, 2.24) is 9.97 Å². The van der Waals surface area contributed by atoms with Crippen LogP contribution in [0.5, 0.6) is 5.88 Å². The molecule has 2 rings (SSSR count). The molecule has 2 heterocycles. The summed E-state index contributed by atoms with van der Waals surface area (Å²) in [6.07, 6.45) is 7.45. The summed E-state index contributed by atoms with van der Waals surface area (Å²) in [5.74, 6) is 0.699. The minimum Gasteiger partial charge on any atom is -0.478 e. The van der Waals surface area contributed by atoms with Crippen LogP contribution in [0.25, 0.3) is 0 Å². The van der Waals surface area contributed by atoms with Crippen molar-refractivity contribution in [3.63, 3.8) is 0 Å². The fraction of sp³-hybridized carbons (Fsp3) is 0.286. The Balaban J connectivity index is 1.71. The minimum atomic E-state index is 0.693. The second-order valence-corrected chi connectivity index (χ2v) is 3.98. The van der Waals surface area contributed by atoms with Gasteiger partial charge in [0.2, 0.25) is 5.88 Å². The van der Waals surface area contributed by atoms with Crippen molar-refractivity contribution in [1.29, 1.82) is 0 Å². The van der Waals surface area contributed by atoms with Gasteiger partial charge in [0.15, 0.2) is 0 Å². The number of ether oxygens (including phenoxy) is 1. The monoisotopic (exact) mass is 228 g/mol. The molecule has 3 heteroatoms. The Morgan fingerprint density at radius 2 is 1.94 bits per heavy atom. The van der Waals surface area contributed by atoms with Gasteiger partial charge < -0.3 is 4.74 Å². The summed E-state index contributed by atoms with van der Waals surface area (Å²) < 4.78 is 5.56. The van der Waals surface area contributed by atoms with Gasteiger partial charge in [-0.05, 0) is 43.0 Å². The zero-order valence-corrected chi connectivity index (χ0v) is 9.97. The first-order chi connectivity index (χ1) is 8.34. The Labute approximate surface area is 102 Å². The Kier molecular flexibility index (Phi) is 4.08. The summed E-state index contributed by atoms with van der Waals surface area (Å²) in [4.78, 5) is 8.18. The van der Waals surface area contributed by atoms with Crippen molar-refractivity contribution in [2.24, 2.45) is 0 Å². The molecule has 0 amide bonds. The molecule has 3 nitrogen and oxygen atoms in total. The van der Waals surface area contributed by atoms with Gasteiger partial charge in [-0.25, -0.2) is 4.98 Å². The third-order valence-electron chi connectivity index (χ3n) is 2.49. The number of rotatable bonds is 5. The summed E-state index contributed by atoms with van der Waals surface area (Å²) in [7, 11) is 0. The van der Waals surface area contributed by atoms with Crippen LogP contribution in [0.1, 0.15) is 17.5 Å². The third-order valence-corrected chi connectivity index (χ3v) is 2.49. The molecule has 0 spiro atoms. The Bertz CT molecular complexity index is 440. The molecule has 88 valence electrons. The van der Waals surface area contributed by atoms with Crippen molar-refractivity contribution >= 4 is 0 Å². The molecule has 2 aromatic rings. The topological polar surface area (TPSA) is 35.0 Å². The molecule has 0 radical (unpaired) electrons. The molecule has 0 aliphatic carbocycles. The van der Waals surface area contributed by atoms with E-state index in [1.807, 2.05) is 49.8 Å². The highest BCUT2D eigenvalue weighted by Crippen LogP contribution is 2.08. The number of aryl methyl sites for hydroxylation is 2. The first-order valence-electron chi connectivity index (χ1n) is 5.79. The van der Waals surface area contributed by atoms with Gasteiger partial charge in [-0.15, -0.1) is 0 Å². The smallest absolute Gasteiger partial charge is 0.213 e. The molecule has 0 atom stereocenters. The highest BCUT2D eigenvalue weighted by atomic mass is 16.5. The van der Waals surface area contributed by atoms with Gasteiger partial charge in [-0.3, -0.25) is 4.98 Å². The van der Waals surface area contributed by atoms with Crippen LogP contribution >= 0.6 is 0 Å². The zero-order chi connectivity index (χ0) is 11.9. The average Bonchev–Trinajstić information content (AvgIpc) is 2.38. The van der Waals surface area contributed by atoms with Crippen LogP contribution in [0, 0.1) is 6.92 Å². The van der Waals surface area contributed by atoms with Gasteiger partial charge in [-0.1, -0.05) is 6.07 Å². The van der Waals surface area contributed by atoms with Crippen molar-refractivity contribution in [3.8, 4) is 5.88 Å².